The molecule has 2 aliphatic rings. The van der Waals surface area contributed by atoms with Crippen LogP contribution < -0.4 is 9.80 Å². The maximum absolute atomic E-state index is 10.9. The molecule has 2 heterocycles. The minimum absolute atomic E-state index is 0.752. The molecule has 0 fully saturated rings. The van der Waals surface area contributed by atoms with Crippen molar-refractivity contribution < 1.29 is 4.79 Å². The molecule has 0 radical (unpaired) electrons. The van der Waals surface area contributed by atoms with Crippen LogP contribution >= 0.6 is 15.9 Å². The highest BCUT2D eigenvalue weighted by atomic mass is 79.9. The normalized spacial score (nSPS) is 15.7. The van der Waals surface area contributed by atoms with Crippen molar-refractivity contribution in [1.82, 2.24) is 0 Å². The van der Waals surface area contributed by atoms with Gasteiger partial charge in [-0.1, -0.05) is 15.9 Å². The Morgan fingerprint density at radius 2 is 1.60 bits per heavy atom. The Morgan fingerprint density at radius 3 is 2.30 bits per heavy atom. The zero-order valence-electron chi connectivity index (χ0n) is 10.8. The van der Waals surface area contributed by atoms with E-state index in [0.717, 1.165) is 36.1 Å². The summed E-state index contributed by atoms with van der Waals surface area (Å²) in [6.45, 7) is 2.70. The molecule has 2 bridgehead atoms. The molecule has 0 amide bonds. The van der Waals surface area contributed by atoms with Gasteiger partial charge in [0.2, 0.25) is 0 Å². The van der Waals surface area contributed by atoms with Gasteiger partial charge in [-0.2, -0.15) is 0 Å². The summed E-state index contributed by atoms with van der Waals surface area (Å²) < 4.78 is 1.12. The molecule has 2 aromatic carbocycles. The summed E-state index contributed by atoms with van der Waals surface area (Å²) in [6, 6.07) is 12.4. The number of carbonyl (C=O) groups is 1. The van der Waals surface area contributed by atoms with E-state index in [1.54, 1.807) is 0 Å². The average molecular weight is 329 g/mol. The molecule has 2 aliphatic heterocycles. The highest BCUT2D eigenvalue weighted by molar-refractivity contribution is 9.10. The number of nitrogens with zero attached hydrogens (tertiary/aromatic N) is 2. The second-order valence-electron chi connectivity index (χ2n) is 5.32. The predicted octanol–water partition coefficient (Wildman–Crippen LogP) is 3.56. The summed E-state index contributed by atoms with van der Waals surface area (Å²) in [6.07, 6.45) is 0.917. The third-order valence-corrected chi connectivity index (χ3v) is 4.52. The number of fused-ring (bicyclic) bond motifs is 6. The first-order chi connectivity index (χ1) is 9.74. The molecule has 0 spiro atoms. The third kappa shape index (κ3) is 1.75. The molecular weight excluding hydrogens is 316 g/mol. The summed E-state index contributed by atoms with van der Waals surface area (Å²) in [7, 11) is 0. The second kappa shape index (κ2) is 4.35. The Kier molecular flexibility index (Phi) is 2.60. The molecule has 0 aromatic heterocycles. The zero-order chi connectivity index (χ0) is 13.7. The van der Waals surface area contributed by atoms with Gasteiger partial charge in [-0.3, -0.25) is 4.79 Å². The largest absolute Gasteiger partial charge is 0.349 e. The lowest BCUT2D eigenvalue weighted by atomic mass is 10.0. The minimum Gasteiger partial charge on any atom is -0.349 e. The second-order valence-corrected chi connectivity index (χ2v) is 6.23. The number of aldehydes is 1. The Labute approximate surface area is 125 Å². The van der Waals surface area contributed by atoms with Gasteiger partial charge in [0.1, 0.15) is 6.29 Å². The molecule has 4 heteroatoms. The van der Waals surface area contributed by atoms with Gasteiger partial charge in [0.05, 0.1) is 6.67 Å². The number of carbonyl (C=O) groups excluding carboxylic acids is 1. The third-order valence-electron chi connectivity index (χ3n) is 4.03. The fourth-order valence-electron chi connectivity index (χ4n) is 3.14. The van der Waals surface area contributed by atoms with Gasteiger partial charge >= 0.3 is 0 Å². The van der Waals surface area contributed by atoms with Gasteiger partial charge in [0.25, 0.3) is 0 Å². The molecule has 0 aliphatic carbocycles. The van der Waals surface area contributed by atoms with Crippen molar-refractivity contribution >= 4 is 33.6 Å². The summed E-state index contributed by atoms with van der Waals surface area (Å²) >= 11 is 3.54. The van der Waals surface area contributed by atoms with Gasteiger partial charge < -0.3 is 9.80 Å². The van der Waals surface area contributed by atoms with Crippen molar-refractivity contribution in [2.45, 2.75) is 13.1 Å². The van der Waals surface area contributed by atoms with E-state index < -0.39 is 0 Å². The molecule has 0 saturated carbocycles. The summed E-state index contributed by atoms with van der Waals surface area (Å²) in [5.41, 5.74) is 5.87. The monoisotopic (exact) mass is 328 g/mol. The van der Waals surface area contributed by atoms with Crippen molar-refractivity contribution in [1.29, 1.82) is 0 Å². The first-order valence-corrected chi connectivity index (χ1v) is 7.40. The maximum Gasteiger partial charge on any atom is 0.150 e. The van der Waals surface area contributed by atoms with Crippen LogP contribution in [0.4, 0.5) is 11.4 Å². The van der Waals surface area contributed by atoms with Crippen molar-refractivity contribution in [2.75, 3.05) is 16.5 Å². The fraction of sp³-hybridized carbons (Fsp3) is 0.188. The van der Waals surface area contributed by atoms with Crippen LogP contribution in [-0.2, 0) is 13.1 Å². The van der Waals surface area contributed by atoms with Crippen LogP contribution in [0.25, 0.3) is 0 Å². The van der Waals surface area contributed by atoms with Crippen LogP contribution in [0, 0.1) is 0 Å². The highest BCUT2D eigenvalue weighted by Crippen LogP contribution is 2.38. The first kappa shape index (κ1) is 12.0. The van der Waals surface area contributed by atoms with E-state index in [9.17, 15) is 4.79 Å². The molecule has 4 rings (SSSR count). The Morgan fingerprint density at radius 1 is 0.950 bits per heavy atom. The summed E-state index contributed by atoms with van der Waals surface area (Å²) in [5, 5.41) is 0. The van der Waals surface area contributed by atoms with Gasteiger partial charge in [0.15, 0.2) is 0 Å². The molecular formula is C16H13BrN2O. The van der Waals surface area contributed by atoms with E-state index in [2.05, 4.69) is 50.0 Å². The van der Waals surface area contributed by atoms with Crippen LogP contribution in [0.2, 0.25) is 0 Å². The van der Waals surface area contributed by atoms with E-state index in [1.165, 1.54) is 22.5 Å². The standard InChI is InChI=1S/C16H13BrN2O/c17-14-2-4-16-13(6-14)8-19-10-18(16)7-12-5-11(9-20)1-3-15(12)19/h1-6,9H,7-8,10H2. The van der Waals surface area contributed by atoms with Gasteiger partial charge in [0, 0.05) is 34.5 Å². The van der Waals surface area contributed by atoms with E-state index in [-0.39, 0.29) is 0 Å². The average Bonchev–Trinajstić information content (AvgIpc) is 2.46. The molecule has 20 heavy (non-hydrogen) atoms. The van der Waals surface area contributed by atoms with Crippen LogP contribution in [-0.4, -0.2) is 13.0 Å². The molecule has 0 unspecified atom stereocenters. The van der Waals surface area contributed by atoms with Crippen molar-refractivity contribution in [3.8, 4) is 0 Å². The van der Waals surface area contributed by atoms with Crippen molar-refractivity contribution in [2.24, 2.45) is 0 Å². The van der Waals surface area contributed by atoms with E-state index >= 15 is 0 Å². The summed E-state index contributed by atoms with van der Waals surface area (Å²) in [5.74, 6) is 0. The zero-order valence-corrected chi connectivity index (χ0v) is 12.4. The maximum atomic E-state index is 10.9. The number of hydrogen-bond donors (Lipinski definition) is 0. The molecule has 3 nitrogen and oxygen atoms in total. The molecule has 0 saturated heterocycles. The van der Waals surface area contributed by atoms with Crippen molar-refractivity contribution in [3.05, 3.63) is 57.6 Å². The number of benzene rings is 2. The van der Waals surface area contributed by atoms with Crippen LogP contribution in [0.5, 0.6) is 0 Å². The predicted molar refractivity (Wildman–Crippen MR) is 83.2 cm³/mol. The van der Waals surface area contributed by atoms with Crippen LogP contribution in [0.15, 0.2) is 40.9 Å². The number of hydrogen-bond acceptors (Lipinski definition) is 3. The lowest BCUT2D eigenvalue weighted by Crippen LogP contribution is -2.46. The molecule has 0 atom stereocenters. The number of halogens is 1. The van der Waals surface area contributed by atoms with E-state index in [1.807, 2.05) is 12.1 Å². The van der Waals surface area contributed by atoms with Crippen molar-refractivity contribution in [3.63, 3.8) is 0 Å². The van der Waals surface area contributed by atoms with Crippen LogP contribution in [0.3, 0.4) is 0 Å². The van der Waals surface area contributed by atoms with Gasteiger partial charge in [-0.25, -0.2) is 0 Å². The summed E-state index contributed by atoms with van der Waals surface area (Å²) in [4.78, 5) is 15.7. The minimum atomic E-state index is 0.752. The number of anilines is 2. The van der Waals surface area contributed by atoms with E-state index in [0.29, 0.717) is 0 Å². The topological polar surface area (TPSA) is 23.6 Å². The molecule has 100 valence electrons. The van der Waals surface area contributed by atoms with Crippen LogP contribution in [0.1, 0.15) is 21.5 Å². The lowest BCUT2D eigenvalue weighted by molar-refractivity contribution is 0.112. The smallest absolute Gasteiger partial charge is 0.150 e. The quantitative estimate of drug-likeness (QED) is 0.748. The lowest BCUT2D eigenvalue weighted by Gasteiger charge is -2.44. The molecule has 2 aromatic rings. The fourth-order valence-corrected chi connectivity index (χ4v) is 3.55. The molecule has 0 N–H and O–H groups in total. The van der Waals surface area contributed by atoms with Gasteiger partial charge in [-0.15, -0.1) is 0 Å². The Balaban J connectivity index is 1.81. The Hall–Kier alpha value is -1.81. The van der Waals surface area contributed by atoms with E-state index in [4.69, 9.17) is 0 Å². The SMILES string of the molecule is O=Cc1ccc2c(c1)CN1CN2Cc2cc(Br)ccc21. The highest BCUT2D eigenvalue weighted by Gasteiger charge is 2.29. The van der Waals surface area contributed by atoms with Gasteiger partial charge in [-0.05, 0) is 47.5 Å². The Bertz CT molecular complexity index is 714. The first-order valence-electron chi connectivity index (χ1n) is 6.61. The number of rotatable bonds is 1.